The molecule has 0 saturated carbocycles. The van der Waals surface area contributed by atoms with E-state index in [1.807, 2.05) is 13.8 Å². The Balaban J connectivity index is 1.91. The Kier molecular flexibility index (Phi) is 4.31. The molecule has 0 spiro atoms. The molecule has 2 atom stereocenters. The Bertz CT molecular complexity index is 383. The van der Waals surface area contributed by atoms with Gasteiger partial charge in [0.15, 0.2) is 0 Å². The summed E-state index contributed by atoms with van der Waals surface area (Å²) in [6.45, 7) is 6.98. The van der Waals surface area contributed by atoms with Crippen LogP contribution in [0.1, 0.15) is 26.7 Å². The van der Waals surface area contributed by atoms with Crippen LogP contribution in [0.25, 0.3) is 0 Å². The highest BCUT2D eigenvalue weighted by atomic mass is 32.2. The summed E-state index contributed by atoms with van der Waals surface area (Å²) in [6.07, 6.45) is 3.77. The topological polar surface area (TPSA) is 49.9 Å². The van der Waals surface area contributed by atoms with Crippen LogP contribution in [0.2, 0.25) is 0 Å². The molecule has 0 aromatic rings. The summed E-state index contributed by atoms with van der Waals surface area (Å²) in [7, 11) is -3.03. The predicted molar refractivity (Wildman–Crippen MR) is 71.0 cm³/mol. The molecular formula is C12H24N2O3S. The van der Waals surface area contributed by atoms with Gasteiger partial charge < -0.3 is 4.74 Å². The lowest BCUT2D eigenvalue weighted by atomic mass is 10.2. The fourth-order valence-corrected chi connectivity index (χ4v) is 3.77. The third kappa shape index (κ3) is 3.23. The van der Waals surface area contributed by atoms with Gasteiger partial charge in [-0.15, -0.1) is 0 Å². The van der Waals surface area contributed by atoms with Gasteiger partial charge in [0.05, 0.1) is 19.0 Å². The predicted octanol–water partition coefficient (Wildman–Crippen LogP) is 0.520. The minimum Gasteiger partial charge on any atom is -0.377 e. The largest absolute Gasteiger partial charge is 0.377 e. The van der Waals surface area contributed by atoms with Crippen molar-refractivity contribution in [2.24, 2.45) is 0 Å². The van der Waals surface area contributed by atoms with Crippen LogP contribution < -0.4 is 0 Å². The maximum Gasteiger partial charge on any atom is 0.211 e. The van der Waals surface area contributed by atoms with Crippen LogP contribution in [0.5, 0.6) is 0 Å². The van der Waals surface area contributed by atoms with Crippen LogP contribution in [-0.4, -0.2) is 68.3 Å². The molecule has 0 aliphatic carbocycles. The van der Waals surface area contributed by atoms with Crippen molar-refractivity contribution in [3.63, 3.8) is 0 Å². The second kappa shape index (κ2) is 5.45. The highest BCUT2D eigenvalue weighted by Crippen LogP contribution is 2.28. The van der Waals surface area contributed by atoms with Gasteiger partial charge >= 0.3 is 0 Å². The minimum atomic E-state index is -3.03. The van der Waals surface area contributed by atoms with Gasteiger partial charge in [-0.1, -0.05) is 0 Å². The van der Waals surface area contributed by atoms with Crippen molar-refractivity contribution in [3.05, 3.63) is 0 Å². The van der Waals surface area contributed by atoms with Crippen molar-refractivity contribution < 1.29 is 13.2 Å². The molecule has 0 bridgehead atoms. The molecule has 0 amide bonds. The van der Waals surface area contributed by atoms with E-state index in [4.69, 9.17) is 4.74 Å². The van der Waals surface area contributed by atoms with Gasteiger partial charge in [-0.25, -0.2) is 8.42 Å². The molecule has 0 radical (unpaired) electrons. The Morgan fingerprint density at radius 1 is 1.28 bits per heavy atom. The molecule has 2 heterocycles. The minimum absolute atomic E-state index is 0.265. The number of hydrogen-bond acceptors (Lipinski definition) is 4. The van der Waals surface area contributed by atoms with E-state index >= 15 is 0 Å². The number of fused-ring (bicyclic) bond motifs is 1. The van der Waals surface area contributed by atoms with Gasteiger partial charge in [0.1, 0.15) is 0 Å². The van der Waals surface area contributed by atoms with Crippen molar-refractivity contribution in [2.75, 3.05) is 32.5 Å². The molecular weight excluding hydrogens is 252 g/mol. The molecule has 5 nitrogen and oxygen atoms in total. The van der Waals surface area contributed by atoms with Crippen LogP contribution in [0.4, 0.5) is 0 Å². The summed E-state index contributed by atoms with van der Waals surface area (Å²) in [5, 5.41) is 0. The second-order valence-electron chi connectivity index (χ2n) is 5.63. The number of sulfonamides is 1. The number of hydrogen-bond donors (Lipinski definition) is 0. The maximum absolute atomic E-state index is 11.6. The van der Waals surface area contributed by atoms with E-state index in [1.54, 1.807) is 4.31 Å². The lowest BCUT2D eigenvalue weighted by molar-refractivity contribution is 0.0188. The monoisotopic (exact) mass is 276 g/mol. The molecule has 106 valence electrons. The molecule has 2 saturated heterocycles. The van der Waals surface area contributed by atoms with E-state index in [9.17, 15) is 8.42 Å². The van der Waals surface area contributed by atoms with Crippen molar-refractivity contribution >= 4 is 10.0 Å². The molecule has 0 aromatic heterocycles. The van der Waals surface area contributed by atoms with E-state index in [0.717, 1.165) is 26.0 Å². The van der Waals surface area contributed by atoms with Crippen LogP contribution in [0.15, 0.2) is 0 Å². The molecule has 0 N–H and O–H groups in total. The molecule has 2 rings (SSSR count). The van der Waals surface area contributed by atoms with E-state index in [1.165, 1.54) is 6.26 Å². The van der Waals surface area contributed by atoms with Crippen molar-refractivity contribution in [2.45, 2.75) is 44.9 Å². The van der Waals surface area contributed by atoms with Crippen LogP contribution in [0, 0.1) is 0 Å². The average molecular weight is 276 g/mol. The Morgan fingerprint density at radius 2 is 2.00 bits per heavy atom. The number of ether oxygens (including phenoxy) is 1. The fourth-order valence-electron chi connectivity index (χ4n) is 2.91. The van der Waals surface area contributed by atoms with Crippen LogP contribution in [0.3, 0.4) is 0 Å². The molecule has 2 unspecified atom stereocenters. The lowest BCUT2D eigenvalue weighted by Gasteiger charge is -2.38. The van der Waals surface area contributed by atoms with Crippen LogP contribution >= 0.6 is 0 Å². The fraction of sp³-hybridized carbons (Fsp3) is 1.00. The first kappa shape index (κ1) is 14.2. The maximum atomic E-state index is 11.6. The molecule has 6 heteroatoms. The SMILES string of the molecule is CC(C)OCC1CCC2CN(S(C)(=O)=O)CCN12. The lowest BCUT2D eigenvalue weighted by Crippen LogP contribution is -2.54. The highest BCUT2D eigenvalue weighted by molar-refractivity contribution is 7.88. The first-order valence-corrected chi connectivity index (χ1v) is 8.55. The summed E-state index contributed by atoms with van der Waals surface area (Å²) in [5.74, 6) is 0. The van der Waals surface area contributed by atoms with Gasteiger partial charge in [0, 0.05) is 31.7 Å². The summed E-state index contributed by atoms with van der Waals surface area (Å²) in [4.78, 5) is 2.43. The van der Waals surface area contributed by atoms with E-state index in [0.29, 0.717) is 25.2 Å². The molecule has 2 fully saturated rings. The summed E-state index contributed by atoms with van der Waals surface area (Å²) in [6, 6.07) is 0.855. The second-order valence-corrected chi connectivity index (χ2v) is 7.61. The molecule has 2 aliphatic heterocycles. The molecule has 0 aromatic carbocycles. The standard InChI is InChI=1S/C12H24N2O3S/c1-10(2)17-9-12-5-4-11-8-13(18(3,15)16)6-7-14(11)12/h10-12H,4-9H2,1-3H3. The summed E-state index contributed by atoms with van der Waals surface area (Å²) < 4.78 is 30.4. The van der Waals surface area contributed by atoms with Gasteiger partial charge in [-0.05, 0) is 26.7 Å². The first-order valence-electron chi connectivity index (χ1n) is 6.70. The molecule has 18 heavy (non-hydrogen) atoms. The summed E-state index contributed by atoms with van der Waals surface area (Å²) in [5.41, 5.74) is 0. The van der Waals surface area contributed by atoms with E-state index < -0.39 is 10.0 Å². The Morgan fingerprint density at radius 3 is 2.61 bits per heavy atom. The van der Waals surface area contributed by atoms with Crippen molar-refractivity contribution in [1.29, 1.82) is 0 Å². The highest BCUT2D eigenvalue weighted by Gasteiger charge is 2.39. The van der Waals surface area contributed by atoms with E-state index in [-0.39, 0.29) is 6.10 Å². The smallest absolute Gasteiger partial charge is 0.211 e. The van der Waals surface area contributed by atoms with Crippen molar-refractivity contribution in [1.82, 2.24) is 9.21 Å². The summed E-state index contributed by atoms with van der Waals surface area (Å²) >= 11 is 0. The zero-order valence-corrected chi connectivity index (χ0v) is 12.3. The first-order chi connectivity index (χ1) is 8.38. The zero-order valence-electron chi connectivity index (χ0n) is 11.5. The zero-order chi connectivity index (χ0) is 13.3. The quantitative estimate of drug-likeness (QED) is 0.751. The number of piperazine rings is 1. The van der Waals surface area contributed by atoms with Crippen molar-refractivity contribution in [3.8, 4) is 0 Å². The average Bonchev–Trinajstić information content (AvgIpc) is 2.67. The third-order valence-electron chi connectivity index (χ3n) is 3.88. The molecule has 2 aliphatic rings. The van der Waals surface area contributed by atoms with Gasteiger partial charge in [0.2, 0.25) is 10.0 Å². The number of nitrogens with zero attached hydrogens (tertiary/aromatic N) is 2. The van der Waals surface area contributed by atoms with Gasteiger partial charge in [-0.3, -0.25) is 4.90 Å². The third-order valence-corrected chi connectivity index (χ3v) is 5.15. The van der Waals surface area contributed by atoms with Gasteiger partial charge in [-0.2, -0.15) is 4.31 Å². The van der Waals surface area contributed by atoms with Gasteiger partial charge in [0.25, 0.3) is 0 Å². The van der Waals surface area contributed by atoms with E-state index in [2.05, 4.69) is 4.90 Å². The Hall–Kier alpha value is -0.170. The Labute approximate surface area is 110 Å². The van der Waals surface area contributed by atoms with Crippen LogP contribution in [-0.2, 0) is 14.8 Å². The number of rotatable bonds is 4. The normalized spacial score (nSPS) is 30.9.